The lowest BCUT2D eigenvalue weighted by molar-refractivity contribution is 0.125. The van der Waals surface area contributed by atoms with Gasteiger partial charge in [-0.1, -0.05) is 23.7 Å². The molecule has 0 saturated heterocycles. The van der Waals surface area contributed by atoms with E-state index in [-0.39, 0.29) is 24.0 Å². The molecule has 1 aromatic heterocycles. The summed E-state index contributed by atoms with van der Waals surface area (Å²) < 4.78 is 11.1. The SMILES string of the molecule is CN=C(NCCOCc1cccc(Cl)c1)NCc1nc(C)c(C)o1.I. The molecule has 1 aromatic carbocycles. The zero-order valence-corrected chi connectivity index (χ0v) is 17.7. The average Bonchev–Trinajstić information content (AvgIpc) is 2.88. The Morgan fingerprint density at radius 1 is 1.32 bits per heavy atom. The molecule has 0 bridgehead atoms. The molecule has 0 aliphatic heterocycles. The summed E-state index contributed by atoms with van der Waals surface area (Å²) in [4.78, 5) is 8.47. The van der Waals surface area contributed by atoms with E-state index in [1.807, 2.05) is 38.1 Å². The van der Waals surface area contributed by atoms with Crippen LogP contribution in [0.4, 0.5) is 0 Å². The predicted molar refractivity (Wildman–Crippen MR) is 111 cm³/mol. The van der Waals surface area contributed by atoms with E-state index in [0.29, 0.717) is 38.2 Å². The topological polar surface area (TPSA) is 71.7 Å². The number of nitrogens with zero attached hydrogens (tertiary/aromatic N) is 2. The van der Waals surface area contributed by atoms with E-state index < -0.39 is 0 Å². The van der Waals surface area contributed by atoms with Crippen LogP contribution < -0.4 is 10.6 Å². The third kappa shape index (κ3) is 7.62. The lowest BCUT2D eigenvalue weighted by Crippen LogP contribution is -2.38. The maximum atomic E-state index is 5.94. The zero-order valence-electron chi connectivity index (χ0n) is 14.6. The van der Waals surface area contributed by atoms with Crippen molar-refractivity contribution in [3.05, 3.63) is 52.2 Å². The van der Waals surface area contributed by atoms with Gasteiger partial charge in [-0.25, -0.2) is 4.98 Å². The number of aromatic nitrogens is 1. The van der Waals surface area contributed by atoms with Crippen molar-refractivity contribution in [3.63, 3.8) is 0 Å². The molecule has 8 heteroatoms. The fourth-order valence-corrected chi connectivity index (χ4v) is 2.27. The van der Waals surface area contributed by atoms with E-state index in [4.69, 9.17) is 20.8 Å². The Morgan fingerprint density at radius 2 is 2.12 bits per heavy atom. The molecular weight excluding hydrogens is 455 g/mol. The minimum absolute atomic E-state index is 0. The summed E-state index contributed by atoms with van der Waals surface area (Å²) in [6.07, 6.45) is 0. The number of oxazole rings is 1. The summed E-state index contributed by atoms with van der Waals surface area (Å²) in [7, 11) is 1.72. The van der Waals surface area contributed by atoms with Gasteiger partial charge in [0.05, 0.1) is 25.5 Å². The highest BCUT2D eigenvalue weighted by Gasteiger charge is 2.06. The van der Waals surface area contributed by atoms with E-state index >= 15 is 0 Å². The largest absolute Gasteiger partial charge is 0.444 e. The predicted octanol–water partition coefficient (Wildman–Crippen LogP) is 3.44. The molecule has 0 aliphatic rings. The molecule has 138 valence electrons. The van der Waals surface area contributed by atoms with Gasteiger partial charge in [0.25, 0.3) is 0 Å². The van der Waals surface area contributed by atoms with Crippen molar-refractivity contribution < 1.29 is 9.15 Å². The molecule has 0 aliphatic carbocycles. The molecule has 0 amide bonds. The van der Waals surface area contributed by atoms with Crippen LogP contribution in [-0.2, 0) is 17.9 Å². The molecule has 0 spiro atoms. The van der Waals surface area contributed by atoms with Crippen molar-refractivity contribution in [2.24, 2.45) is 4.99 Å². The Balaban J connectivity index is 0.00000312. The van der Waals surface area contributed by atoms with Gasteiger partial charge >= 0.3 is 0 Å². The maximum absolute atomic E-state index is 5.94. The van der Waals surface area contributed by atoms with E-state index in [1.54, 1.807) is 7.05 Å². The first kappa shape index (κ1) is 21.7. The molecule has 6 nitrogen and oxygen atoms in total. The molecule has 2 N–H and O–H groups in total. The van der Waals surface area contributed by atoms with Crippen molar-refractivity contribution in [1.29, 1.82) is 0 Å². The van der Waals surface area contributed by atoms with Crippen LogP contribution in [0.5, 0.6) is 0 Å². The van der Waals surface area contributed by atoms with Gasteiger partial charge in [-0.3, -0.25) is 4.99 Å². The van der Waals surface area contributed by atoms with Gasteiger partial charge < -0.3 is 19.8 Å². The lowest BCUT2D eigenvalue weighted by atomic mass is 10.2. The molecule has 25 heavy (non-hydrogen) atoms. The Morgan fingerprint density at radius 3 is 2.76 bits per heavy atom. The molecule has 2 aromatic rings. The monoisotopic (exact) mass is 478 g/mol. The van der Waals surface area contributed by atoms with Crippen molar-refractivity contribution in [3.8, 4) is 0 Å². The minimum atomic E-state index is 0. The van der Waals surface area contributed by atoms with Crippen LogP contribution >= 0.6 is 35.6 Å². The second-order valence-electron chi connectivity index (χ2n) is 5.28. The van der Waals surface area contributed by atoms with Gasteiger partial charge in [0.2, 0.25) is 5.89 Å². The summed E-state index contributed by atoms with van der Waals surface area (Å²) in [5.41, 5.74) is 1.96. The van der Waals surface area contributed by atoms with E-state index in [9.17, 15) is 0 Å². The smallest absolute Gasteiger partial charge is 0.214 e. The maximum Gasteiger partial charge on any atom is 0.214 e. The number of ether oxygens (including phenoxy) is 1. The average molecular weight is 479 g/mol. The van der Waals surface area contributed by atoms with Gasteiger partial charge in [0, 0.05) is 18.6 Å². The first-order valence-corrected chi connectivity index (χ1v) is 8.16. The Labute approximate surface area is 170 Å². The van der Waals surface area contributed by atoms with Gasteiger partial charge in [-0.2, -0.15) is 0 Å². The number of guanidine groups is 1. The molecule has 0 fully saturated rings. The van der Waals surface area contributed by atoms with E-state index in [1.165, 1.54) is 0 Å². The van der Waals surface area contributed by atoms with Crippen LogP contribution in [0.25, 0.3) is 0 Å². The normalized spacial score (nSPS) is 11.1. The van der Waals surface area contributed by atoms with Crippen molar-refractivity contribution in [2.75, 3.05) is 20.2 Å². The highest BCUT2D eigenvalue weighted by Crippen LogP contribution is 2.11. The molecule has 0 radical (unpaired) electrons. The van der Waals surface area contributed by atoms with Gasteiger partial charge in [-0.05, 0) is 31.5 Å². The van der Waals surface area contributed by atoms with Crippen LogP contribution in [0.1, 0.15) is 22.9 Å². The van der Waals surface area contributed by atoms with Crippen molar-refractivity contribution in [1.82, 2.24) is 15.6 Å². The second-order valence-corrected chi connectivity index (χ2v) is 5.72. The number of benzene rings is 1. The van der Waals surface area contributed by atoms with E-state index in [0.717, 1.165) is 22.0 Å². The number of halogens is 2. The molecule has 0 saturated carbocycles. The van der Waals surface area contributed by atoms with Gasteiger partial charge in [0.1, 0.15) is 5.76 Å². The standard InChI is InChI=1S/C17H23ClN4O2.HI/c1-12-13(2)24-16(22-12)10-21-17(19-3)20-7-8-23-11-14-5-4-6-15(18)9-14;/h4-6,9H,7-8,10-11H2,1-3H3,(H2,19,20,21);1H. The summed E-state index contributed by atoms with van der Waals surface area (Å²) >= 11 is 5.94. The minimum Gasteiger partial charge on any atom is -0.444 e. The molecule has 0 atom stereocenters. The number of aryl methyl sites for hydroxylation is 2. The summed E-state index contributed by atoms with van der Waals surface area (Å²) in [5.74, 6) is 2.16. The zero-order chi connectivity index (χ0) is 17.4. The molecule has 0 unspecified atom stereocenters. The molecular formula is C17H24ClIN4O2. The summed E-state index contributed by atoms with van der Waals surface area (Å²) in [6, 6.07) is 7.65. The van der Waals surface area contributed by atoms with Gasteiger partial charge in [-0.15, -0.1) is 24.0 Å². The first-order valence-electron chi connectivity index (χ1n) is 7.78. The lowest BCUT2D eigenvalue weighted by Gasteiger charge is -2.11. The number of rotatable bonds is 7. The molecule has 1 heterocycles. The number of aliphatic imine (C=N–C) groups is 1. The van der Waals surface area contributed by atoms with Crippen LogP contribution in [0.2, 0.25) is 5.02 Å². The number of nitrogens with one attached hydrogen (secondary N) is 2. The van der Waals surface area contributed by atoms with Crippen LogP contribution in [0.3, 0.4) is 0 Å². The summed E-state index contributed by atoms with van der Waals surface area (Å²) in [6.45, 7) is 6.04. The van der Waals surface area contributed by atoms with Crippen LogP contribution in [-0.4, -0.2) is 31.1 Å². The third-order valence-corrected chi connectivity index (χ3v) is 3.64. The fraction of sp³-hybridized carbons (Fsp3) is 0.412. The number of hydrogen-bond donors (Lipinski definition) is 2. The fourth-order valence-electron chi connectivity index (χ4n) is 2.05. The van der Waals surface area contributed by atoms with E-state index in [2.05, 4.69) is 20.6 Å². The first-order chi connectivity index (χ1) is 11.6. The Kier molecular flexibility index (Phi) is 9.84. The van der Waals surface area contributed by atoms with Crippen molar-refractivity contribution >= 4 is 41.5 Å². The molecule has 2 rings (SSSR count). The Bertz CT molecular complexity index is 672. The second kappa shape index (κ2) is 11.3. The highest BCUT2D eigenvalue weighted by atomic mass is 127. The quantitative estimate of drug-likeness (QED) is 0.276. The Hall–Kier alpha value is -1.32. The third-order valence-electron chi connectivity index (χ3n) is 3.40. The van der Waals surface area contributed by atoms with Crippen LogP contribution in [0.15, 0.2) is 33.7 Å². The number of hydrogen-bond acceptors (Lipinski definition) is 4. The summed E-state index contributed by atoms with van der Waals surface area (Å²) in [5, 5.41) is 7.05. The van der Waals surface area contributed by atoms with Crippen LogP contribution in [0, 0.1) is 13.8 Å². The van der Waals surface area contributed by atoms with Gasteiger partial charge in [0.15, 0.2) is 5.96 Å². The van der Waals surface area contributed by atoms with Crippen molar-refractivity contribution in [2.45, 2.75) is 27.0 Å². The highest BCUT2D eigenvalue weighted by molar-refractivity contribution is 14.0.